The molecular formula is C12H20N2O2S3. The van der Waals surface area contributed by atoms with Crippen molar-refractivity contribution in [1.82, 2.24) is 4.31 Å². The maximum atomic E-state index is 12.8. The molecule has 19 heavy (non-hydrogen) atoms. The summed E-state index contributed by atoms with van der Waals surface area (Å²) in [5.74, 6) is 0.841. The van der Waals surface area contributed by atoms with E-state index in [4.69, 9.17) is 5.73 Å². The second-order valence-electron chi connectivity index (χ2n) is 5.32. The molecule has 0 aromatic carbocycles. The van der Waals surface area contributed by atoms with Crippen molar-refractivity contribution in [3.05, 3.63) is 15.8 Å². The zero-order valence-electron chi connectivity index (χ0n) is 11.5. The highest BCUT2D eigenvalue weighted by molar-refractivity contribution is 8.00. The predicted molar refractivity (Wildman–Crippen MR) is 82.2 cm³/mol. The fourth-order valence-electron chi connectivity index (χ4n) is 2.28. The van der Waals surface area contributed by atoms with Gasteiger partial charge in [-0.05, 0) is 31.7 Å². The molecule has 2 rings (SSSR count). The number of rotatable bonds is 3. The first-order valence-electron chi connectivity index (χ1n) is 6.19. The Morgan fingerprint density at radius 3 is 2.74 bits per heavy atom. The number of nitrogens with zero attached hydrogens (tertiary/aromatic N) is 1. The van der Waals surface area contributed by atoms with Crippen molar-refractivity contribution in [3.8, 4) is 0 Å². The molecule has 1 aliphatic rings. The molecule has 0 unspecified atom stereocenters. The summed E-state index contributed by atoms with van der Waals surface area (Å²) in [5, 5.41) is 1.87. The van der Waals surface area contributed by atoms with Crippen LogP contribution in [0.4, 0.5) is 0 Å². The zero-order chi connectivity index (χ0) is 14.3. The van der Waals surface area contributed by atoms with E-state index in [0.717, 1.165) is 16.2 Å². The predicted octanol–water partition coefficient (Wildman–Crippen LogP) is 2.03. The van der Waals surface area contributed by atoms with E-state index >= 15 is 0 Å². The molecule has 0 bridgehead atoms. The van der Waals surface area contributed by atoms with Crippen LogP contribution < -0.4 is 5.73 Å². The molecule has 1 aromatic heterocycles. The molecule has 0 aliphatic carbocycles. The summed E-state index contributed by atoms with van der Waals surface area (Å²) in [6.45, 7) is 7.42. The summed E-state index contributed by atoms with van der Waals surface area (Å²) in [6.07, 6.45) is 0. The zero-order valence-corrected chi connectivity index (χ0v) is 13.9. The van der Waals surface area contributed by atoms with Gasteiger partial charge in [-0.15, -0.1) is 11.3 Å². The van der Waals surface area contributed by atoms with Gasteiger partial charge in [0, 0.05) is 35.0 Å². The number of thiophene rings is 1. The first-order valence-corrected chi connectivity index (χ1v) is 9.49. The quantitative estimate of drug-likeness (QED) is 0.925. The number of thioether (sulfide) groups is 1. The van der Waals surface area contributed by atoms with Crippen molar-refractivity contribution in [2.45, 2.75) is 37.0 Å². The van der Waals surface area contributed by atoms with Crippen LogP contribution in [-0.2, 0) is 16.6 Å². The maximum absolute atomic E-state index is 12.8. The minimum absolute atomic E-state index is 0.0296. The van der Waals surface area contributed by atoms with Gasteiger partial charge in [-0.3, -0.25) is 0 Å². The van der Waals surface area contributed by atoms with Crippen molar-refractivity contribution in [1.29, 1.82) is 0 Å². The van der Waals surface area contributed by atoms with Crippen LogP contribution in [0, 0.1) is 6.92 Å². The number of hydrogen-bond donors (Lipinski definition) is 1. The third-order valence-electron chi connectivity index (χ3n) is 3.16. The Kier molecular flexibility index (Phi) is 4.32. The molecule has 2 N–H and O–H groups in total. The number of nitrogens with two attached hydrogens (primary N) is 1. The fraction of sp³-hybridized carbons (Fsp3) is 0.667. The lowest BCUT2D eigenvalue weighted by Gasteiger charge is -2.36. The van der Waals surface area contributed by atoms with Crippen molar-refractivity contribution in [3.63, 3.8) is 0 Å². The lowest BCUT2D eigenvalue weighted by Crippen LogP contribution is -2.46. The summed E-state index contributed by atoms with van der Waals surface area (Å²) in [5.41, 5.74) is 6.47. The van der Waals surface area contributed by atoms with Crippen molar-refractivity contribution >= 4 is 33.1 Å². The molecule has 0 atom stereocenters. The average Bonchev–Trinajstić information content (AvgIpc) is 2.69. The Morgan fingerprint density at radius 1 is 1.47 bits per heavy atom. The topological polar surface area (TPSA) is 63.4 Å². The highest BCUT2D eigenvalue weighted by Gasteiger charge is 2.36. The molecular weight excluding hydrogens is 300 g/mol. The summed E-state index contributed by atoms with van der Waals surface area (Å²) in [7, 11) is -3.41. The van der Waals surface area contributed by atoms with E-state index in [2.05, 4.69) is 13.8 Å². The molecule has 0 radical (unpaired) electrons. The molecule has 1 aromatic rings. The van der Waals surface area contributed by atoms with Gasteiger partial charge < -0.3 is 5.73 Å². The lowest BCUT2D eigenvalue weighted by atomic mass is 10.2. The average molecular weight is 321 g/mol. The van der Waals surface area contributed by atoms with Crippen LogP contribution in [0.25, 0.3) is 0 Å². The number of aryl methyl sites for hydroxylation is 1. The first kappa shape index (κ1) is 15.3. The number of sulfonamides is 1. The Labute approximate surface area is 123 Å². The highest BCUT2D eigenvalue weighted by Crippen LogP contribution is 2.35. The Hall–Kier alpha value is -0.0800. The summed E-state index contributed by atoms with van der Waals surface area (Å²) in [4.78, 5) is 1.19. The smallest absolute Gasteiger partial charge is 0.244 e. The van der Waals surface area contributed by atoms with Crippen molar-refractivity contribution in [2.75, 3.05) is 18.8 Å². The lowest BCUT2D eigenvalue weighted by molar-refractivity contribution is 0.387. The SMILES string of the molecule is Cc1csc(CN)c1S(=O)(=O)N1CCSC(C)(C)C1. The van der Waals surface area contributed by atoms with Gasteiger partial charge in [0.2, 0.25) is 10.0 Å². The molecule has 1 fully saturated rings. The molecule has 0 saturated carbocycles. The third-order valence-corrected chi connectivity index (χ3v) is 7.79. The normalized spacial score (nSPS) is 20.6. The van der Waals surface area contributed by atoms with Gasteiger partial charge in [0.1, 0.15) is 4.90 Å². The van der Waals surface area contributed by atoms with Gasteiger partial charge in [0.05, 0.1) is 0 Å². The number of hydrogen-bond acceptors (Lipinski definition) is 5. The standard InChI is InChI=1S/C12H20N2O2S3/c1-9-7-17-10(6-13)11(9)19(15,16)14-4-5-18-12(2,3)8-14/h7H,4-6,8,13H2,1-3H3. The van der Waals surface area contributed by atoms with Crippen LogP contribution in [0.2, 0.25) is 0 Å². The van der Waals surface area contributed by atoms with Crippen LogP contribution >= 0.6 is 23.1 Å². The van der Waals surface area contributed by atoms with Crippen LogP contribution in [0.5, 0.6) is 0 Å². The van der Waals surface area contributed by atoms with E-state index in [0.29, 0.717) is 18.0 Å². The van der Waals surface area contributed by atoms with Gasteiger partial charge in [-0.1, -0.05) is 0 Å². The van der Waals surface area contributed by atoms with Crippen LogP contribution in [-0.4, -0.2) is 36.3 Å². The van der Waals surface area contributed by atoms with Crippen molar-refractivity contribution < 1.29 is 8.42 Å². The van der Waals surface area contributed by atoms with E-state index in [1.165, 1.54) is 11.3 Å². The largest absolute Gasteiger partial charge is 0.326 e. The summed E-state index contributed by atoms with van der Waals surface area (Å²) >= 11 is 3.25. The minimum atomic E-state index is -3.41. The van der Waals surface area contributed by atoms with Crippen LogP contribution in [0.15, 0.2) is 10.3 Å². The van der Waals surface area contributed by atoms with E-state index in [9.17, 15) is 8.42 Å². The molecule has 108 valence electrons. The summed E-state index contributed by atoms with van der Waals surface area (Å²) in [6, 6.07) is 0. The minimum Gasteiger partial charge on any atom is -0.326 e. The van der Waals surface area contributed by atoms with Crippen LogP contribution in [0.3, 0.4) is 0 Å². The second-order valence-corrected chi connectivity index (χ2v) is 9.96. The van der Waals surface area contributed by atoms with Crippen LogP contribution in [0.1, 0.15) is 24.3 Å². The maximum Gasteiger partial charge on any atom is 0.244 e. The Bertz CT molecular complexity index is 564. The Morgan fingerprint density at radius 2 is 2.16 bits per heavy atom. The third kappa shape index (κ3) is 3.00. The van der Waals surface area contributed by atoms with E-state index in [-0.39, 0.29) is 11.3 Å². The van der Waals surface area contributed by atoms with E-state index in [1.807, 2.05) is 24.1 Å². The Balaban J connectivity index is 2.39. The first-order chi connectivity index (χ1) is 8.78. The molecule has 7 heteroatoms. The van der Waals surface area contributed by atoms with Gasteiger partial charge in [-0.25, -0.2) is 8.42 Å². The molecule has 4 nitrogen and oxygen atoms in total. The molecule has 0 amide bonds. The monoisotopic (exact) mass is 320 g/mol. The van der Waals surface area contributed by atoms with Gasteiger partial charge in [0.25, 0.3) is 0 Å². The highest BCUT2D eigenvalue weighted by atomic mass is 32.2. The van der Waals surface area contributed by atoms with Crippen molar-refractivity contribution in [2.24, 2.45) is 5.73 Å². The van der Waals surface area contributed by atoms with Gasteiger partial charge in [-0.2, -0.15) is 16.1 Å². The molecule has 2 heterocycles. The van der Waals surface area contributed by atoms with Gasteiger partial charge in [0.15, 0.2) is 0 Å². The molecule has 1 aliphatic heterocycles. The molecule has 0 spiro atoms. The second kappa shape index (κ2) is 5.37. The van der Waals surface area contributed by atoms with E-state index in [1.54, 1.807) is 4.31 Å². The molecule has 1 saturated heterocycles. The van der Waals surface area contributed by atoms with E-state index < -0.39 is 10.0 Å². The summed E-state index contributed by atoms with van der Waals surface area (Å²) < 4.78 is 27.2. The van der Waals surface area contributed by atoms with Gasteiger partial charge >= 0.3 is 0 Å². The fourth-order valence-corrected chi connectivity index (χ4v) is 6.85.